The van der Waals surface area contributed by atoms with Crippen molar-refractivity contribution in [3.05, 3.63) is 20.6 Å². The third kappa shape index (κ3) is 1.24. The first-order valence-electron chi connectivity index (χ1n) is 4.16. The Labute approximate surface area is 78.2 Å². The molecular formula is C8H10BrNO2. The van der Waals surface area contributed by atoms with Gasteiger partial charge in [0.05, 0.1) is 5.69 Å². The molecule has 0 radical (unpaired) electrons. The first-order chi connectivity index (χ1) is 5.79. The Bertz CT molecular complexity index is 322. The van der Waals surface area contributed by atoms with E-state index in [4.69, 9.17) is 0 Å². The second kappa shape index (κ2) is 3.09. The number of rotatable bonds is 1. The minimum absolute atomic E-state index is 0.295. The van der Waals surface area contributed by atoms with E-state index in [0.29, 0.717) is 10.4 Å². The molecule has 1 aromatic rings. The smallest absolute Gasteiger partial charge is 0.338 e. The summed E-state index contributed by atoms with van der Waals surface area (Å²) in [6.45, 7) is 0. The summed E-state index contributed by atoms with van der Waals surface area (Å²) in [7, 11) is 0. The summed E-state index contributed by atoms with van der Waals surface area (Å²) >= 11 is 3.22. The summed E-state index contributed by atoms with van der Waals surface area (Å²) in [5.74, 6) is 0.492. The van der Waals surface area contributed by atoms with Crippen LogP contribution in [0.2, 0.25) is 0 Å². The van der Waals surface area contributed by atoms with Gasteiger partial charge in [-0.1, -0.05) is 12.8 Å². The van der Waals surface area contributed by atoms with Crippen LogP contribution in [0.15, 0.2) is 13.8 Å². The Morgan fingerprint density at radius 3 is 2.58 bits per heavy atom. The Morgan fingerprint density at radius 2 is 2.08 bits per heavy atom. The highest BCUT2D eigenvalue weighted by Gasteiger charge is 2.22. The number of H-pyrrole nitrogens is 1. The molecule has 1 fully saturated rings. The average Bonchev–Trinajstić information content (AvgIpc) is 2.64. The van der Waals surface area contributed by atoms with Crippen molar-refractivity contribution < 1.29 is 4.52 Å². The Balaban J connectivity index is 2.32. The predicted octanol–water partition coefficient (Wildman–Crippen LogP) is 2.39. The number of hydrogen-bond donors (Lipinski definition) is 1. The number of hydrogen-bond acceptors (Lipinski definition) is 2. The Kier molecular flexibility index (Phi) is 2.09. The molecule has 1 saturated carbocycles. The van der Waals surface area contributed by atoms with Crippen LogP contribution < -0.4 is 5.63 Å². The molecule has 0 bridgehead atoms. The van der Waals surface area contributed by atoms with Crippen LogP contribution in [0.5, 0.6) is 0 Å². The molecule has 0 atom stereocenters. The van der Waals surface area contributed by atoms with Crippen molar-refractivity contribution in [2.75, 3.05) is 0 Å². The van der Waals surface area contributed by atoms with Gasteiger partial charge in [-0.15, -0.1) is 0 Å². The second-order valence-corrected chi connectivity index (χ2v) is 3.99. The van der Waals surface area contributed by atoms with Gasteiger partial charge in [0, 0.05) is 5.92 Å². The third-order valence-corrected chi connectivity index (χ3v) is 3.18. The van der Waals surface area contributed by atoms with Crippen molar-refractivity contribution in [1.82, 2.24) is 5.16 Å². The van der Waals surface area contributed by atoms with Gasteiger partial charge in [-0.05, 0) is 28.8 Å². The van der Waals surface area contributed by atoms with Crippen LogP contribution in [-0.2, 0) is 0 Å². The van der Waals surface area contributed by atoms with E-state index >= 15 is 0 Å². The fourth-order valence-corrected chi connectivity index (χ4v) is 2.26. The number of nitrogens with one attached hydrogen (secondary N) is 1. The zero-order chi connectivity index (χ0) is 8.55. The molecule has 0 unspecified atom stereocenters. The quantitative estimate of drug-likeness (QED) is 0.807. The maximum absolute atomic E-state index is 11.0. The van der Waals surface area contributed by atoms with Gasteiger partial charge >= 0.3 is 5.63 Å². The van der Waals surface area contributed by atoms with E-state index in [1.807, 2.05) is 0 Å². The summed E-state index contributed by atoms with van der Waals surface area (Å²) in [5.41, 5.74) is 0.648. The molecule has 1 heterocycles. The topological polar surface area (TPSA) is 46.0 Å². The van der Waals surface area contributed by atoms with Gasteiger partial charge in [0.2, 0.25) is 0 Å². The average molecular weight is 232 g/mol. The lowest BCUT2D eigenvalue weighted by Gasteiger charge is -2.03. The minimum Gasteiger partial charge on any atom is -0.338 e. The fourth-order valence-electron chi connectivity index (χ4n) is 1.78. The molecule has 2 rings (SSSR count). The zero-order valence-electron chi connectivity index (χ0n) is 6.60. The van der Waals surface area contributed by atoms with E-state index in [9.17, 15) is 4.79 Å². The molecule has 4 heteroatoms. The standard InChI is InChI=1S/C8H10BrNO2/c9-6-7(10-12-8(6)11)5-3-1-2-4-5/h5,10H,1-4H2. The first-order valence-corrected chi connectivity index (χ1v) is 4.95. The normalized spacial score (nSPS) is 18.8. The summed E-state index contributed by atoms with van der Waals surface area (Å²) in [4.78, 5) is 11.0. The van der Waals surface area contributed by atoms with Crippen molar-refractivity contribution in [2.45, 2.75) is 31.6 Å². The summed E-state index contributed by atoms with van der Waals surface area (Å²) in [6, 6.07) is 0. The van der Waals surface area contributed by atoms with Crippen LogP contribution in [0.25, 0.3) is 0 Å². The maximum atomic E-state index is 11.0. The Hall–Kier alpha value is -0.510. The third-order valence-electron chi connectivity index (χ3n) is 2.43. The minimum atomic E-state index is -0.295. The Morgan fingerprint density at radius 1 is 1.42 bits per heavy atom. The largest absolute Gasteiger partial charge is 0.371 e. The van der Waals surface area contributed by atoms with Gasteiger partial charge in [-0.25, -0.2) is 9.95 Å². The summed E-state index contributed by atoms with van der Waals surface area (Å²) in [5, 5.41) is 2.68. The van der Waals surface area contributed by atoms with Gasteiger partial charge in [-0.2, -0.15) is 0 Å². The molecule has 1 aromatic heterocycles. The van der Waals surface area contributed by atoms with Crippen LogP contribution >= 0.6 is 15.9 Å². The molecule has 0 aromatic carbocycles. The van der Waals surface area contributed by atoms with Crippen LogP contribution in [0.3, 0.4) is 0 Å². The lowest BCUT2D eigenvalue weighted by Crippen LogP contribution is -1.96. The van der Waals surface area contributed by atoms with Crippen molar-refractivity contribution in [3.63, 3.8) is 0 Å². The van der Waals surface area contributed by atoms with Crippen molar-refractivity contribution in [1.29, 1.82) is 0 Å². The maximum Gasteiger partial charge on any atom is 0.371 e. The molecule has 3 nitrogen and oxygen atoms in total. The number of halogens is 1. The molecule has 0 aliphatic heterocycles. The molecule has 0 spiro atoms. The van der Waals surface area contributed by atoms with Crippen LogP contribution in [0.1, 0.15) is 37.3 Å². The second-order valence-electron chi connectivity index (χ2n) is 3.20. The molecule has 0 amide bonds. The van der Waals surface area contributed by atoms with E-state index in [1.165, 1.54) is 12.8 Å². The number of aromatic nitrogens is 1. The molecule has 1 aliphatic rings. The molecule has 1 aliphatic carbocycles. The van der Waals surface area contributed by atoms with Gasteiger partial charge in [-0.3, -0.25) is 0 Å². The van der Waals surface area contributed by atoms with E-state index in [-0.39, 0.29) is 5.63 Å². The fraction of sp³-hybridized carbons (Fsp3) is 0.625. The van der Waals surface area contributed by atoms with E-state index in [1.54, 1.807) is 0 Å². The molecule has 66 valence electrons. The molecule has 1 N–H and O–H groups in total. The number of aromatic amines is 1. The SMILES string of the molecule is O=c1o[nH]c(C2CCCC2)c1Br. The van der Waals surface area contributed by atoms with Gasteiger partial charge in [0.15, 0.2) is 0 Å². The predicted molar refractivity (Wildman–Crippen MR) is 48.2 cm³/mol. The van der Waals surface area contributed by atoms with Crippen LogP contribution in [0, 0.1) is 0 Å². The van der Waals surface area contributed by atoms with E-state index in [0.717, 1.165) is 18.5 Å². The van der Waals surface area contributed by atoms with Gasteiger partial charge in [0.1, 0.15) is 4.47 Å². The molecule has 12 heavy (non-hydrogen) atoms. The highest BCUT2D eigenvalue weighted by Crippen LogP contribution is 2.35. The van der Waals surface area contributed by atoms with Crippen molar-refractivity contribution in [3.8, 4) is 0 Å². The van der Waals surface area contributed by atoms with Crippen molar-refractivity contribution in [2.24, 2.45) is 0 Å². The first kappa shape index (κ1) is 8.10. The monoisotopic (exact) mass is 231 g/mol. The van der Waals surface area contributed by atoms with E-state index in [2.05, 4.69) is 25.6 Å². The van der Waals surface area contributed by atoms with Crippen molar-refractivity contribution >= 4 is 15.9 Å². The summed E-state index contributed by atoms with van der Waals surface area (Å²) in [6.07, 6.45) is 4.83. The highest BCUT2D eigenvalue weighted by atomic mass is 79.9. The van der Waals surface area contributed by atoms with Gasteiger partial charge in [0.25, 0.3) is 0 Å². The van der Waals surface area contributed by atoms with Crippen LogP contribution in [-0.4, -0.2) is 5.16 Å². The molecular weight excluding hydrogens is 222 g/mol. The van der Waals surface area contributed by atoms with Gasteiger partial charge < -0.3 is 4.52 Å². The van der Waals surface area contributed by atoms with E-state index < -0.39 is 0 Å². The lowest BCUT2D eigenvalue weighted by molar-refractivity contribution is 0.379. The highest BCUT2D eigenvalue weighted by molar-refractivity contribution is 9.10. The lowest BCUT2D eigenvalue weighted by atomic mass is 10.1. The molecule has 0 saturated heterocycles. The van der Waals surface area contributed by atoms with Crippen LogP contribution in [0.4, 0.5) is 0 Å². The summed E-state index contributed by atoms with van der Waals surface area (Å²) < 4.78 is 5.26. The zero-order valence-corrected chi connectivity index (χ0v) is 8.19.